The van der Waals surface area contributed by atoms with E-state index in [9.17, 15) is 0 Å². The molecule has 0 amide bonds. The second kappa shape index (κ2) is 6.59. The Labute approximate surface area is 103 Å². The molecule has 0 aliphatic heterocycles. The van der Waals surface area contributed by atoms with Crippen molar-refractivity contribution in [2.24, 2.45) is 0 Å². The van der Waals surface area contributed by atoms with Gasteiger partial charge in [-0.05, 0) is 42.5 Å². The third-order valence-electron chi connectivity index (χ3n) is 2.61. The van der Waals surface area contributed by atoms with Crippen molar-refractivity contribution in [2.75, 3.05) is 7.11 Å². The minimum atomic E-state index is 0.427. The maximum Gasteiger partial charge on any atom is 0.122 e. The van der Waals surface area contributed by atoms with Crippen LogP contribution in [0.1, 0.15) is 38.2 Å². The van der Waals surface area contributed by atoms with E-state index < -0.39 is 0 Å². The van der Waals surface area contributed by atoms with Crippen LogP contribution in [0.4, 0.5) is 0 Å². The van der Waals surface area contributed by atoms with Gasteiger partial charge < -0.3 is 4.74 Å². The third-order valence-corrected chi connectivity index (χ3v) is 2.85. The molecule has 1 aromatic rings. The number of methoxy groups -OCH3 is 1. The van der Waals surface area contributed by atoms with Crippen LogP contribution in [0, 0.1) is 0 Å². The molecule has 0 aliphatic carbocycles. The zero-order valence-corrected chi connectivity index (χ0v) is 10.9. The standard InChI is InChI=1S/C14H19ClO/c1-4-5-6-7-11(2)13-10-12(15)8-9-14(13)16-3/h5-6,8-11H,4,7H2,1-3H3/b6-5-. The molecule has 0 aliphatic rings. The lowest BCUT2D eigenvalue weighted by molar-refractivity contribution is 0.406. The number of hydrogen-bond donors (Lipinski definition) is 0. The number of ether oxygens (including phenoxy) is 1. The maximum atomic E-state index is 6.01. The Morgan fingerprint density at radius 3 is 2.75 bits per heavy atom. The van der Waals surface area contributed by atoms with E-state index in [1.54, 1.807) is 7.11 Å². The third kappa shape index (κ3) is 3.57. The fraction of sp³-hybridized carbons (Fsp3) is 0.429. The van der Waals surface area contributed by atoms with E-state index in [0.717, 1.165) is 23.6 Å². The van der Waals surface area contributed by atoms with Crippen LogP contribution in [0.5, 0.6) is 5.75 Å². The van der Waals surface area contributed by atoms with E-state index in [2.05, 4.69) is 26.0 Å². The molecule has 0 heterocycles. The second-order valence-corrected chi connectivity index (χ2v) is 4.34. The molecule has 1 nitrogen and oxygen atoms in total. The van der Waals surface area contributed by atoms with E-state index in [0.29, 0.717) is 5.92 Å². The Hall–Kier alpha value is -0.950. The van der Waals surface area contributed by atoms with Crippen LogP contribution in [-0.4, -0.2) is 7.11 Å². The molecule has 0 aromatic heterocycles. The lowest BCUT2D eigenvalue weighted by Crippen LogP contribution is -1.96. The average Bonchev–Trinajstić information content (AvgIpc) is 2.29. The molecule has 1 aromatic carbocycles. The molecule has 0 saturated heterocycles. The highest BCUT2D eigenvalue weighted by molar-refractivity contribution is 6.30. The molecule has 2 heteroatoms. The van der Waals surface area contributed by atoms with E-state index in [1.165, 1.54) is 5.56 Å². The SMILES string of the molecule is CC/C=C\CC(C)c1cc(Cl)ccc1OC. The molecule has 0 spiro atoms. The van der Waals surface area contributed by atoms with E-state index in [4.69, 9.17) is 16.3 Å². The molecule has 16 heavy (non-hydrogen) atoms. The summed E-state index contributed by atoms with van der Waals surface area (Å²) in [4.78, 5) is 0. The van der Waals surface area contributed by atoms with Gasteiger partial charge >= 0.3 is 0 Å². The number of allylic oxidation sites excluding steroid dienone is 2. The number of hydrogen-bond acceptors (Lipinski definition) is 1. The quantitative estimate of drug-likeness (QED) is 0.669. The van der Waals surface area contributed by atoms with Gasteiger partial charge in [-0.2, -0.15) is 0 Å². The molecular weight excluding hydrogens is 220 g/mol. The van der Waals surface area contributed by atoms with Crippen LogP contribution < -0.4 is 4.74 Å². The van der Waals surface area contributed by atoms with Crippen LogP contribution in [-0.2, 0) is 0 Å². The summed E-state index contributed by atoms with van der Waals surface area (Å²) in [5.41, 5.74) is 1.18. The largest absolute Gasteiger partial charge is 0.496 e. The van der Waals surface area contributed by atoms with E-state index in [1.807, 2.05) is 18.2 Å². The Bertz CT molecular complexity index is 358. The van der Waals surface area contributed by atoms with Crippen molar-refractivity contribution in [1.29, 1.82) is 0 Å². The highest BCUT2D eigenvalue weighted by Crippen LogP contribution is 2.31. The topological polar surface area (TPSA) is 9.23 Å². The van der Waals surface area contributed by atoms with Crippen molar-refractivity contribution >= 4 is 11.6 Å². The van der Waals surface area contributed by atoms with Gasteiger partial charge in [-0.1, -0.05) is 37.6 Å². The second-order valence-electron chi connectivity index (χ2n) is 3.90. The van der Waals surface area contributed by atoms with Crippen molar-refractivity contribution in [1.82, 2.24) is 0 Å². The summed E-state index contributed by atoms with van der Waals surface area (Å²) in [6, 6.07) is 5.78. The smallest absolute Gasteiger partial charge is 0.122 e. The zero-order valence-electron chi connectivity index (χ0n) is 10.2. The number of halogens is 1. The lowest BCUT2D eigenvalue weighted by Gasteiger charge is -2.14. The van der Waals surface area contributed by atoms with Crippen molar-refractivity contribution in [3.63, 3.8) is 0 Å². The monoisotopic (exact) mass is 238 g/mol. The summed E-state index contributed by atoms with van der Waals surface area (Å²) in [6.07, 6.45) is 6.50. The first kappa shape index (κ1) is 13.1. The molecule has 0 N–H and O–H groups in total. The van der Waals surface area contributed by atoms with Crippen LogP contribution in [0.25, 0.3) is 0 Å². The van der Waals surface area contributed by atoms with Crippen molar-refractivity contribution in [2.45, 2.75) is 32.6 Å². The van der Waals surface area contributed by atoms with Gasteiger partial charge in [0.25, 0.3) is 0 Å². The molecule has 0 bridgehead atoms. The molecule has 0 radical (unpaired) electrons. The van der Waals surface area contributed by atoms with Crippen LogP contribution in [0.15, 0.2) is 30.4 Å². The average molecular weight is 239 g/mol. The zero-order chi connectivity index (χ0) is 12.0. The Kier molecular flexibility index (Phi) is 5.41. The summed E-state index contributed by atoms with van der Waals surface area (Å²) >= 11 is 6.01. The summed E-state index contributed by atoms with van der Waals surface area (Å²) in [5, 5.41) is 0.766. The van der Waals surface area contributed by atoms with Crippen LogP contribution in [0.2, 0.25) is 5.02 Å². The first-order valence-corrected chi connectivity index (χ1v) is 6.05. The summed E-state index contributed by atoms with van der Waals surface area (Å²) in [5.74, 6) is 1.35. The fourth-order valence-electron chi connectivity index (χ4n) is 1.68. The molecule has 0 fully saturated rings. The molecule has 0 saturated carbocycles. The minimum Gasteiger partial charge on any atom is -0.496 e. The normalized spacial score (nSPS) is 13.0. The van der Waals surface area contributed by atoms with Crippen LogP contribution >= 0.6 is 11.6 Å². The van der Waals surface area contributed by atoms with Gasteiger partial charge in [0.15, 0.2) is 0 Å². The minimum absolute atomic E-state index is 0.427. The van der Waals surface area contributed by atoms with Gasteiger partial charge in [-0.15, -0.1) is 0 Å². The highest BCUT2D eigenvalue weighted by atomic mass is 35.5. The van der Waals surface area contributed by atoms with Gasteiger partial charge in [0.1, 0.15) is 5.75 Å². The van der Waals surface area contributed by atoms with Crippen LogP contribution in [0.3, 0.4) is 0 Å². The summed E-state index contributed by atoms with van der Waals surface area (Å²) < 4.78 is 5.35. The molecule has 1 rings (SSSR count). The maximum absolute atomic E-state index is 6.01. The first-order valence-electron chi connectivity index (χ1n) is 5.67. The molecule has 1 atom stereocenters. The van der Waals surface area contributed by atoms with Gasteiger partial charge in [0, 0.05) is 5.02 Å². The Morgan fingerprint density at radius 1 is 1.38 bits per heavy atom. The van der Waals surface area contributed by atoms with E-state index >= 15 is 0 Å². The van der Waals surface area contributed by atoms with Crippen molar-refractivity contribution in [3.05, 3.63) is 40.9 Å². The van der Waals surface area contributed by atoms with Gasteiger partial charge in [0.2, 0.25) is 0 Å². The van der Waals surface area contributed by atoms with Crippen molar-refractivity contribution < 1.29 is 4.74 Å². The summed E-state index contributed by atoms with van der Waals surface area (Å²) in [6.45, 7) is 4.33. The van der Waals surface area contributed by atoms with Gasteiger partial charge in [0.05, 0.1) is 7.11 Å². The van der Waals surface area contributed by atoms with Gasteiger partial charge in [-0.25, -0.2) is 0 Å². The predicted molar refractivity (Wildman–Crippen MR) is 70.5 cm³/mol. The Balaban J connectivity index is 2.84. The predicted octanol–water partition coefficient (Wildman–Crippen LogP) is 4.81. The fourth-order valence-corrected chi connectivity index (χ4v) is 1.86. The molecule has 88 valence electrons. The highest BCUT2D eigenvalue weighted by Gasteiger charge is 2.10. The molecule has 1 unspecified atom stereocenters. The van der Waals surface area contributed by atoms with Gasteiger partial charge in [-0.3, -0.25) is 0 Å². The molecular formula is C14H19ClO. The first-order chi connectivity index (χ1) is 7.69. The van der Waals surface area contributed by atoms with E-state index in [-0.39, 0.29) is 0 Å². The Morgan fingerprint density at radius 2 is 2.12 bits per heavy atom. The van der Waals surface area contributed by atoms with Crippen molar-refractivity contribution in [3.8, 4) is 5.75 Å². The number of benzene rings is 1. The number of rotatable bonds is 5. The summed E-state index contributed by atoms with van der Waals surface area (Å²) in [7, 11) is 1.70. The lowest BCUT2D eigenvalue weighted by atomic mass is 9.96.